The summed E-state index contributed by atoms with van der Waals surface area (Å²) >= 11 is 0. The second-order valence-corrected chi connectivity index (χ2v) is 3.48. The van der Waals surface area contributed by atoms with Gasteiger partial charge in [0.05, 0.1) is 12.7 Å². The number of nitrogens with one attached hydrogen (secondary N) is 2. The van der Waals surface area contributed by atoms with Crippen LogP contribution in [0.1, 0.15) is 10.4 Å². The van der Waals surface area contributed by atoms with Gasteiger partial charge in [-0.05, 0) is 24.3 Å². The topological polar surface area (TPSA) is 84.1 Å². The van der Waals surface area contributed by atoms with Gasteiger partial charge in [-0.15, -0.1) is 0 Å². The molecule has 6 heteroatoms. The molecule has 0 saturated heterocycles. The van der Waals surface area contributed by atoms with E-state index in [0.29, 0.717) is 17.2 Å². The molecule has 1 aromatic heterocycles. The lowest BCUT2D eigenvalue weighted by atomic mass is 10.2. The van der Waals surface area contributed by atoms with Crippen LogP contribution in [0.4, 0.5) is 11.6 Å². The lowest BCUT2D eigenvalue weighted by Gasteiger charge is -2.05. The summed E-state index contributed by atoms with van der Waals surface area (Å²) in [6.45, 7) is 0. The highest BCUT2D eigenvalue weighted by molar-refractivity contribution is 5.89. The van der Waals surface area contributed by atoms with E-state index in [4.69, 9.17) is 0 Å². The molecule has 18 heavy (non-hydrogen) atoms. The highest BCUT2D eigenvalue weighted by atomic mass is 16.5. The second kappa shape index (κ2) is 5.13. The van der Waals surface area contributed by atoms with Crippen molar-refractivity contribution in [1.82, 2.24) is 9.97 Å². The standard InChI is InChI=1S/C12H11N3O3/c1-18-11(17)8-2-4-9(5-3-8)14-12-13-7-6-10(16)15-12/h2-7H,1H3,(H2,13,14,15,16). The number of carbonyl (C=O) groups excluding carboxylic acids is 1. The van der Waals surface area contributed by atoms with Gasteiger partial charge in [0.2, 0.25) is 5.95 Å². The predicted octanol–water partition coefficient (Wildman–Crippen LogP) is 1.30. The number of anilines is 2. The van der Waals surface area contributed by atoms with E-state index in [1.54, 1.807) is 24.3 Å². The van der Waals surface area contributed by atoms with E-state index in [1.165, 1.54) is 19.4 Å². The number of methoxy groups -OCH3 is 1. The number of aromatic amines is 1. The molecule has 2 aromatic rings. The Morgan fingerprint density at radius 1 is 1.28 bits per heavy atom. The van der Waals surface area contributed by atoms with Gasteiger partial charge in [0.1, 0.15) is 0 Å². The third-order valence-corrected chi connectivity index (χ3v) is 2.24. The Bertz CT molecular complexity index is 604. The molecular formula is C12H11N3O3. The number of hydrogen-bond donors (Lipinski definition) is 2. The molecule has 2 N–H and O–H groups in total. The van der Waals surface area contributed by atoms with Gasteiger partial charge in [-0.3, -0.25) is 9.78 Å². The SMILES string of the molecule is COC(=O)c1ccc(Nc2nccc(=O)[nH]2)cc1. The monoisotopic (exact) mass is 245 g/mol. The molecule has 1 heterocycles. The zero-order valence-electron chi connectivity index (χ0n) is 9.64. The van der Waals surface area contributed by atoms with E-state index in [9.17, 15) is 9.59 Å². The highest BCUT2D eigenvalue weighted by Gasteiger charge is 2.04. The van der Waals surface area contributed by atoms with Gasteiger partial charge in [-0.1, -0.05) is 0 Å². The summed E-state index contributed by atoms with van der Waals surface area (Å²) < 4.78 is 4.59. The van der Waals surface area contributed by atoms with Crippen molar-refractivity contribution in [2.75, 3.05) is 12.4 Å². The Kier molecular flexibility index (Phi) is 3.38. The third kappa shape index (κ3) is 2.73. The van der Waals surface area contributed by atoms with Gasteiger partial charge in [0.25, 0.3) is 5.56 Å². The van der Waals surface area contributed by atoms with Crippen LogP contribution in [0.25, 0.3) is 0 Å². The van der Waals surface area contributed by atoms with E-state index in [1.807, 2.05) is 0 Å². The number of ether oxygens (including phenoxy) is 1. The van der Waals surface area contributed by atoms with Crippen LogP contribution in [-0.2, 0) is 4.74 Å². The van der Waals surface area contributed by atoms with Crippen molar-refractivity contribution in [1.29, 1.82) is 0 Å². The van der Waals surface area contributed by atoms with Crippen molar-refractivity contribution >= 4 is 17.6 Å². The minimum Gasteiger partial charge on any atom is -0.465 e. The summed E-state index contributed by atoms with van der Waals surface area (Å²) in [5.41, 5.74) is 0.924. The number of hydrogen-bond acceptors (Lipinski definition) is 5. The number of H-pyrrole nitrogens is 1. The van der Waals surface area contributed by atoms with E-state index >= 15 is 0 Å². The minimum atomic E-state index is -0.396. The molecule has 0 radical (unpaired) electrons. The van der Waals surface area contributed by atoms with Crippen LogP contribution >= 0.6 is 0 Å². The van der Waals surface area contributed by atoms with Crippen LogP contribution in [0.15, 0.2) is 41.3 Å². The zero-order valence-corrected chi connectivity index (χ0v) is 9.64. The van der Waals surface area contributed by atoms with Gasteiger partial charge in [-0.2, -0.15) is 0 Å². The number of aromatic nitrogens is 2. The van der Waals surface area contributed by atoms with E-state index in [0.717, 1.165) is 0 Å². The Balaban J connectivity index is 2.16. The molecule has 0 aliphatic carbocycles. The molecule has 92 valence electrons. The van der Waals surface area contributed by atoms with Crippen molar-refractivity contribution in [3.63, 3.8) is 0 Å². The van der Waals surface area contributed by atoms with Crippen LogP contribution in [0.3, 0.4) is 0 Å². The molecule has 0 bridgehead atoms. The van der Waals surface area contributed by atoms with Crippen LogP contribution < -0.4 is 10.9 Å². The smallest absolute Gasteiger partial charge is 0.337 e. The van der Waals surface area contributed by atoms with Gasteiger partial charge >= 0.3 is 5.97 Å². The molecule has 0 spiro atoms. The van der Waals surface area contributed by atoms with Crippen molar-refractivity contribution in [3.8, 4) is 0 Å². The minimum absolute atomic E-state index is 0.237. The highest BCUT2D eigenvalue weighted by Crippen LogP contribution is 2.13. The average molecular weight is 245 g/mol. The molecule has 0 unspecified atom stereocenters. The number of benzene rings is 1. The number of rotatable bonds is 3. The maximum absolute atomic E-state index is 11.2. The lowest BCUT2D eigenvalue weighted by molar-refractivity contribution is 0.0601. The Hall–Kier alpha value is -2.63. The molecule has 0 fully saturated rings. The first-order valence-electron chi connectivity index (χ1n) is 5.20. The van der Waals surface area contributed by atoms with Crippen LogP contribution in [-0.4, -0.2) is 23.0 Å². The van der Waals surface area contributed by atoms with Crippen molar-refractivity contribution < 1.29 is 9.53 Å². The molecule has 0 aliphatic rings. The lowest BCUT2D eigenvalue weighted by Crippen LogP contribution is -2.08. The van der Waals surface area contributed by atoms with Crippen LogP contribution in [0, 0.1) is 0 Å². The first-order chi connectivity index (χ1) is 8.69. The summed E-state index contributed by atoms with van der Waals surface area (Å²) in [7, 11) is 1.33. The predicted molar refractivity (Wildman–Crippen MR) is 65.9 cm³/mol. The Morgan fingerprint density at radius 2 is 2.00 bits per heavy atom. The average Bonchev–Trinajstić information content (AvgIpc) is 2.39. The first-order valence-corrected chi connectivity index (χ1v) is 5.20. The van der Waals surface area contributed by atoms with Gasteiger partial charge < -0.3 is 10.1 Å². The van der Waals surface area contributed by atoms with Crippen molar-refractivity contribution in [3.05, 3.63) is 52.4 Å². The number of carbonyl (C=O) groups is 1. The van der Waals surface area contributed by atoms with Gasteiger partial charge in [0.15, 0.2) is 0 Å². The Morgan fingerprint density at radius 3 is 2.61 bits per heavy atom. The normalized spacial score (nSPS) is 9.83. The quantitative estimate of drug-likeness (QED) is 0.796. The fraction of sp³-hybridized carbons (Fsp3) is 0.0833. The van der Waals surface area contributed by atoms with Crippen molar-refractivity contribution in [2.24, 2.45) is 0 Å². The number of esters is 1. The molecule has 0 amide bonds. The molecule has 2 rings (SSSR count). The molecule has 0 aliphatic heterocycles. The van der Waals surface area contributed by atoms with Crippen molar-refractivity contribution in [2.45, 2.75) is 0 Å². The summed E-state index contributed by atoms with van der Waals surface area (Å²) in [4.78, 5) is 28.8. The molecule has 0 saturated carbocycles. The number of nitrogens with zero attached hydrogens (tertiary/aromatic N) is 1. The summed E-state index contributed by atoms with van der Waals surface area (Å²) in [5.74, 6) is -0.0545. The Labute approximate surface area is 103 Å². The molecule has 6 nitrogen and oxygen atoms in total. The van der Waals surface area contributed by atoms with Gasteiger partial charge in [0, 0.05) is 18.0 Å². The zero-order chi connectivity index (χ0) is 13.0. The van der Waals surface area contributed by atoms with E-state index < -0.39 is 5.97 Å². The van der Waals surface area contributed by atoms with Crippen LogP contribution in [0.5, 0.6) is 0 Å². The second-order valence-electron chi connectivity index (χ2n) is 3.48. The fourth-order valence-electron chi connectivity index (χ4n) is 1.38. The maximum atomic E-state index is 11.2. The molecular weight excluding hydrogens is 234 g/mol. The first kappa shape index (κ1) is 11.8. The van der Waals surface area contributed by atoms with E-state index in [-0.39, 0.29) is 5.56 Å². The maximum Gasteiger partial charge on any atom is 0.337 e. The van der Waals surface area contributed by atoms with Crippen LogP contribution in [0.2, 0.25) is 0 Å². The fourth-order valence-corrected chi connectivity index (χ4v) is 1.38. The summed E-state index contributed by atoms with van der Waals surface area (Å²) in [6, 6.07) is 7.95. The summed E-state index contributed by atoms with van der Waals surface area (Å²) in [5, 5.41) is 2.91. The largest absolute Gasteiger partial charge is 0.465 e. The van der Waals surface area contributed by atoms with E-state index in [2.05, 4.69) is 20.0 Å². The molecule has 0 atom stereocenters. The molecule has 1 aromatic carbocycles. The van der Waals surface area contributed by atoms with Gasteiger partial charge in [-0.25, -0.2) is 9.78 Å². The summed E-state index contributed by atoms with van der Waals surface area (Å²) in [6.07, 6.45) is 1.41. The third-order valence-electron chi connectivity index (χ3n) is 2.24.